The molecule has 2 aliphatic rings. The fourth-order valence-corrected chi connectivity index (χ4v) is 12.8. The van der Waals surface area contributed by atoms with Gasteiger partial charge in [-0.3, -0.25) is 0 Å². The van der Waals surface area contributed by atoms with Gasteiger partial charge in [0, 0.05) is 0 Å². The molecule has 200 valence electrons. The van der Waals surface area contributed by atoms with Crippen molar-refractivity contribution in [2.45, 2.75) is 106 Å². The Bertz CT molecular complexity index is 1270. The first-order valence-electron chi connectivity index (χ1n) is 13.5. The fraction of sp³-hybridized carbons (Fsp3) is 0.500. The molecule has 0 aromatic heterocycles. The first-order chi connectivity index (χ1) is 16.1. The number of halogens is 2. The molecule has 0 bridgehead atoms. The monoisotopic (exact) mass is 614 g/mol. The van der Waals surface area contributed by atoms with Crippen molar-refractivity contribution >= 4 is 6.48 Å². The molecule has 2 aliphatic carbocycles. The van der Waals surface area contributed by atoms with Crippen molar-refractivity contribution in [2.75, 3.05) is 0 Å². The number of fused-ring (bicyclic) bond motifs is 3. The van der Waals surface area contributed by atoms with Crippen molar-refractivity contribution in [2.24, 2.45) is 5.41 Å². The van der Waals surface area contributed by atoms with Crippen molar-refractivity contribution in [3.8, 4) is 11.1 Å². The summed E-state index contributed by atoms with van der Waals surface area (Å²) in [4.78, 5) is 0. The smallest absolute Gasteiger partial charge is 1.00 e. The van der Waals surface area contributed by atoms with Crippen LogP contribution in [0.4, 0.5) is 0 Å². The van der Waals surface area contributed by atoms with E-state index in [2.05, 4.69) is 119 Å². The summed E-state index contributed by atoms with van der Waals surface area (Å²) in [5.74, 6) is 0. The Balaban J connectivity index is 0.00000241. The topological polar surface area (TPSA) is 0 Å². The van der Waals surface area contributed by atoms with E-state index in [9.17, 15) is 0 Å². The van der Waals surface area contributed by atoms with Crippen LogP contribution in [0, 0.1) is 5.41 Å². The van der Waals surface area contributed by atoms with E-state index in [0.29, 0.717) is 0 Å². The van der Waals surface area contributed by atoms with E-state index in [0.717, 1.165) is 12.8 Å². The van der Waals surface area contributed by atoms with E-state index in [-0.39, 0.29) is 41.1 Å². The molecule has 0 saturated heterocycles. The van der Waals surface area contributed by atoms with Gasteiger partial charge in [-0.2, -0.15) is 0 Å². The van der Waals surface area contributed by atoms with Gasteiger partial charge in [-0.05, 0) is 0 Å². The number of hydrogen-bond acceptors (Lipinski definition) is 0. The molecule has 0 heterocycles. The molecule has 2 aromatic carbocycles. The first-order valence-corrected chi connectivity index (χ1v) is 17.2. The molecule has 0 aliphatic heterocycles. The van der Waals surface area contributed by atoms with Crippen molar-refractivity contribution in [1.29, 1.82) is 0 Å². The summed E-state index contributed by atoms with van der Waals surface area (Å²) < 4.78 is 5.20. The third-order valence-electron chi connectivity index (χ3n) is 8.38. The van der Waals surface area contributed by atoms with Crippen LogP contribution in [0.2, 0.25) is 0 Å². The van der Waals surface area contributed by atoms with Crippen LogP contribution in [0.25, 0.3) is 11.1 Å². The molecule has 0 atom stereocenters. The predicted molar refractivity (Wildman–Crippen MR) is 153 cm³/mol. The van der Waals surface area contributed by atoms with Crippen molar-refractivity contribution in [1.82, 2.24) is 0 Å². The van der Waals surface area contributed by atoms with E-state index >= 15 is 0 Å². The van der Waals surface area contributed by atoms with Gasteiger partial charge in [-0.15, -0.1) is 0 Å². The minimum Gasteiger partial charge on any atom is -1.00 e. The van der Waals surface area contributed by atoms with Crippen LogP contribution in [-0.2, 0) is 38.5 Å². The molecular formula is C34H46Cl2Zr. The standard InChI is InChI=1S/C21H25.C10H15.C3H6.2ClH.Zr/c1-20(2,3)16-9-7-14-11-15-8-10-17(21(4,5)6)13-19(15)18(14)12-16;1-4-10(2,3)9-7-5-6-8-9;1-3-2;;;/h7,9-10,12-13H,11H2,1-6H3;7-8H,4-5H2,1-3H3;1-2H3;2*1H;/q;;;;;+2/p-2. The number of benzene rings is 2. The summed E-state index contributed by atoms with van der Waals surface area (Å²) in [6.45, 7) is 26.1. The molecule has 2 aromatic rings. The van der Waals surface area contributed by atoms with Gasteiger partial charge < -0.3 is 24.8 Å². The third-order valence-corrected chi connectivity index (χ3v) is 15.7. The normalized spacial score (nSPS) is 14.4. The Labute approximate surface area is 247 Å². The average Bonchev–Trinajstić information content (AvgIpc) is 3.37. The van der Waals surface area contributed by atoms with Crippen molar-refractivity contribution < 1.29 is 46.1 Å². The van der Waals surface area contributed by atoms with E-state index in [1.54, 1.807) is 20.9 Å². The minimum atomic E-state index is -2.19. The van der Waals surface area contributed by atoms with E-state index in [4.69, 9.17) is 0 Å². The summed E-state index contributed by atoms with van der Waals surface area (Å²) in [6, 6.07) is 12.5. The maximum atomic E-state index is 2.64. The average molecular weight is 617 g/mol. The molecule has 37 heavy (non-hydrogen) atoms. The number of hydrogen-bond donors (Lipinski definition) is 0. The molecule has 0 nitrogen and oxygen atoms in total. The minimum absolute atomic E-state index is 0. The van der Waals surface area contributed by atoms with Gasteiger partial charge in [-0.1, -0.05) is 0 Å². The van der Waals surface area contributed by atoms with Gasteiger partial charge in [-0.25, -0.2) is 0 Å². The molecule has 0 spiro atoms. The summed E-state index contributed by atoms with van der Waals surface area (Å²) in [7, 11) is 0. The maximum absolute atomic E-state index is 2.64. The van der Waals surface area contributed by atoms with Gasteiger partial charge >= 0.3 is 224 Å². The Hall–Kier alpha value is -0.747. The van der Waals surface area contributed by atoms with Crippen LogP contribution < -0.4 is 28.1 Å². The summed E-state index contributed by atoms with van der Waals surface area (Å²) in [5.41, 5.74) is 11.3. The van der Waals surface area contributed by atoms with Gasteiger partial charge in [0.2, 0.25) is 0 Å². The molecule has 0 radical (unpaired) electrons. The predicted octanol–water partition coefficient (Wildman–Crippen LogP) is 2.97. The molecule has 0 unspecified atom stereocenters. The Kier molecular flexibility index (Phi) is 10.00. The maximum Gasteiger partial charge on any atom is -1.00 e. The first kappa shape index (κ1) is 32.5. The van der Waals surface area contributed by atoms with Crippen LogP contribution in [0.1, 0.15) is 111 Å². The molecule has 0 N–H and O–H groups in total. The second kappa shape index (κ2) is 11.4. The summed E-state index contributed by atoms with van der Waals surface area (Å²) in [6.07, 6.45) is 8.62. The van der Waals surface area contributed by atoms with Gasteiger partial charge in [0.25, 0.3) is 0 Å². The van der Waals surface area contributed by atoms with Crippen LogP contribution in [0.15, 0.2) is 51.3 Å². The van der Waals surface area contributed by atoms with E-state index in [1.807, 2.05) is 0 Å². The Morgan fingerprint density at radius 3 is 1.95 bits per heavy atom. The molecule has 0 saturated carbocycles. The zero-order chi connectivity index (χ0) is 25.9. The third kappa shape index (κ3) is 6.37. The zero-order valence-electron chi connectivity index (χ0n) is 24.9. The molecular weight excluding hydrogens is 571 g/mol. The van der Waals surface area contributed by atoms with Crippen LogP contribution >= 0.6 is 0 Å². The van der Waals surface area contributed by atoms with Gasteiger partial charge in [0.05, 0.1) is 0 Å². The van der Waals surface area contributed by atoms with Gasteiger partial charge in [0.1, 0.15) is 0 Å². The van der Waals surface area contributed by atoms with Crippen LogP contribution in [0.5, 0.6) is 0 Å². The zero-order valence-corrected chi connectivity index (χ0v) is 28.9. The van der Waals surface area contributed by atoms with Crippen LogP contribution in [0.3, 0.4) is 0 Å². The SMILES string of the molecule is CCC(C)(C)C1=CC[C]([Zr+2](=[C](C)C)[c]2cc(C(C)(C)C)cc3c2Cc2ccc(C(C)(C)C)cc2-3)=C1.[Cl-].[Cl-]. The number of rotatable bonds is 4. The Morgan fingerprint density at radius 2 is 1.41 bits per heavy atom. The van der Waals surface area contributed by atoms with E-state index in [1.165, 1.54) is 34.2 Å². The summed E-state index contributed by atoms with van der Waals surface area (Å²) in [5, 5.41) is 0. The van der Waals surface area contributed by atoms with E-state index < -0.39 is 21.3 Å². The Morgan fingerprint density at radius 1 is 0.811 bits per heavy atom. The second-order valence-corrected chi connectivity index (χ2v) is 20.9. The van der Waals surface area contributed by atoms with Gasteiger partial charge in [0.15, 0.2) is 0 Å². The number of allylic oxidation sites excluding steroid dienone is 4. The molecule has 0 amide bonds. The molecule has 3 heteroatoms. The fourth-order valence-electron chi connectivity index (χ4n) is 5.54. The molecule has 4 rings (SSSR count). The van der Waals surface area contributed by atoms with Crippen molar-refractivity contribution in [3.63, 3.8) is 0 Å². The van der Waals surface area contributed by atoms with Crippen LogP contribution in [-0.4, -0.2) is 3.21 Å². The molecule has 0 fully saturated rings. The quantitative estimate of drug-likeness (QED) is 0.423. The second-order valence-electron chi connectivity index (χ2n) is 13.7. The summed E-state index contributed by atoms with van der Waals surface area (Å²) >= 11 is -2.19. The largest absolute Gasteiger partial charge is 1.00 e. The van der Waals surface area contributed by atoms with Crippen molar-refractivity contribution in [3.05, 3.63) is 73.6 Å².